The largest absolute Gasteiger partial charge is 0.377 e. The van der Waals surface area contributed by atoms with E-state index in [2.05, 4.69) is 11.8 Å². The predicted molar refractivity (Wildman–Crippen MR) is 79.4 cm³/mol. The summed E-state index contributed by atoms with van der Waals surface area (Å²) in [5.74, 6) is -0.320. The highest BCUT2D eigenvalue weighted by molar-refractivity contribution is 6.30. The Bertz CT molecular complexity index is 418. The molecule has 0 bridgehead atoms. The summed E-state index contributed by atoms with van der Waals surface area (Å²) in [7, 11) is 0. The lowest BCUT2D eigenvalue weighted by Crippen LogP contribution is -2.38. The average Bonchev–Trinajstić information content (AvgIpc) is 2.90. The van der Waals surface area contributed by atoms with Gasteiger partial charge in [0.25, 0.3) is 0 Å². The number of hydrogen-bond acceptors (Lipinski definition) is 3. The van der Waals surface area contributed by atoms with Crippen molar-refractivity contribution in [3.63, 3.8) is 0 Å². The highest BCUT2D eigenvalue weighted by Gasteiger charge is 2.24. The molecule has 2 unspecified atom stereocenters. The molecule has 0 aliphatic carbocycles. The molecule has 0 saturated carbocycles. The molecule has 0 radical (unpaired) electrons. The van der Waals surface area contributed by atoms with Gasteiger partial charge < -0.3 is 10.5 Å². The van der Waals surface area contributed by atoms with E-state index in [1.54, 1.807) is 6.07 Å². The van der Waals surface area contributed by atoms with Crippen LogP contribution in [-0.4, -0.2) is 37.2 Å². The molecule has 2 atom stereocenters. The van der Waals surface area contributed by atoms with Crippen molar-refractivity contribution in [2.45, 2.75) is 31.9 Å². The maximum Gasteiger partial charge on any atom is 0.125 e. The van der Waals surface area contributed by atoms with Crippen molar-refractivity contribution < 1.29 is 9.13 Å². The molecule has 3 nitrogen and oxygen atoms in total. The van der Waals surface area contributed by atoms with E-state index in [4.69, 9.17) is 22.1 Å². The third kappa shape index (κ3) is 3.92. The normalized spacial score (nSPS) is 20.6. The second-order valence-electron chi connectivity index (χ2n) is 5.18. The van der Waals surface area contributed by atoms with Gasteiger partial charge in [-0.1, -0.05) is 18.5 Å². The number of likely N-dealkylation sites (N-methyl/N-ethyl adjacent to an activating group) is 1. The van der Waals surface area contributed by atoms with E-state index in [-0.39, 0.29) is 18.0 Å². The van der Waals surface area contributed by atoms with E-state index in [9.17, 15) is 4.39 Å². The minimum Gasteiger partial charge on any atom is -0.377 e. The number of benzene rings is 1. The SMILES string of the molecule is CCN(CC1CCCO1)C(CN)c1cc(F)cc(Cl)c1. The number of nitrogens with zero attached hydrogens (tertiary/aromatic N) is 1. The summed E-state index contributed by atoms with van der Waals surface area (Å²) >= 11 is 5.95. The minimum atomic E-state index is -0.320. The third-order valence-electron chi connectivity index (χ3n) is 3.80. The zero-order valence-corrected chi connectivity index (χ0v) is 12.6. The van der Waals surface area contributed by atoms with Gasteiger partial charge in [-0.15, -0.1) is 0 Å². The molecule has 112 valence electrons. The Morgan fingerprint density at radius 2 is 2.30 bits per heavy atom. The second kappa shape index (κ2) is 7.36. The summed E-state index contributed by atoms with van der Waals surface area (Å²) < 4.78 is 19.2. The fraction of sp³-hybridized carbons (Fsp3) is 0.600. The summed E-state index contributed by atoms with van der Waals surface area (Å²) in [6, 6.07) is 4.59. The Labute approximate surface area is 124 Å². The molecule has 1 saturated heterocycles. The molecule has 1 aliphatic rings. The molecule has 1 aromatic carbocycles. The Balaban J connectivity index is 2.14. The van der Waals surface area contributed by atoms with E-state index in [0.717, 1.165) is 38.1 Å². The van der Waals surface area contributed by atoms with E-state index in [1.807, 2.05) is 0 Å². The molecular formula is C15H22ClFN2O. The maximum absolute atomic E-state index is 13.5. The summed E-state index contributed by atoms with van der Waals surface area (Å²) in [5, 5.41) is 0.409. The van der Waals surface area contributed by atoms with Crippen molar-refractivity contribution >= 4 is 11.6 Å². The summed E-state index contributed by atoms with van der Waals surface area (Å²) in [6.07, 6.45) is 2.45. The zero-order valence-electron chi connectivity index (χ0n) is 11.8. The van der Waals surface area contributed by atoms with Crippen LogP contribution in [0.25, 0.3) is 0 Å². The Hall–Kier alpha value is -0.680. The van der Waals surface area contributed by atoms with E-state index < -0.39 is 0 Å². The molecule has 1 fully saturated rings. The van der Waals surface area contributed by atoms with Crippen molar-refractivity contribution in [2.75, 3.05) is 26.2 Å². The number of halogens is 2. The van der Waals surface area contributed by atoms with Crippen molar-refractivity contribution in [3.8, 4) is 0 Å². The predicted octanol–water partition coefficient (Wildman–Crippen LogP) is 2.98. The third-order valence-corrected chi connectivity index (χ3v) is 4.02. The van der Waals surface area contributed by atoms with Crippen molar-refractivity contribution in [2.24, 2.45) is 5.73 Å². The highest BCUT2D eigenvalue weighted by Crippen LogP contribution is 2.25. The fourth-order valence-corrected chi connectivity index (χ4v) is 3.02. The van der Waals surface area contributed by atoms with Gasteiger partial charge in [0.1, 0.15) is 5.82 Å². The van der Waals surface area contributed by atoms with Crippen LogP contribution >= 0.6 is 11.6 Å². The Morgan fingerprint density at radius 1 is 1.50 bits per heavy atom. The lowest BCUT2D eigenvalue weighted by atomic mass is 10.0. The van der Waals surface area contributed by atoms with Crippen LogP contribution in [0, 0.1) is 5.82 Å². The van der Waals surface area contributed by atoms with Gasteiger partial charge in [0.2, 0.25) is 0 Å². The van der Waals surface area contributed by atoms with Gasteiger partial charge in [0.05, 0.1) is 6.10 Å². The molecule has 1 aliphatic heterocycles. The quantitative estimate of drug-likeness (QED) is 0.878. The van der Waals surface area contributed by atoms with Crippen LogP contribution in [0.1, 0.15) is 31.4 Å². The smallest absolute Gasteiger partial charge is 0.125 e. The first-order valence-corrected chi connectivity index (χ1v) is 7.53. The molecule has 5 heteroatoms. The van der Waals surface area contributed by atoms with E-state index in [1.165, 1.54) is 12.1 Å². The maximum atomic E-state index is 13.5. The molecule has 0 aromatic heterocycles. The first-order chi connectivity index (χ1) is 9.63. The first-order valence-electron chi connectivity index (χ1n) is 7.15. The number of rotatable bonds is 6. The second-order valence-corrected chi connectivity index (χ2v) is 5.61. The fourth-order valence-electron chi connectivity index (χ4n) is 2.79. The van der Waals surface area contributed by atoms with Crippen LogP contribution in [0.4, 0.5) is 4.39 Å². The zero-order chi connectivity index (χ0) is 14.5. The minimum absolute atomic E-state index is 0.0302. The molecule has 1 aromatic rings. The molecule has 2 rings (SSSR count). The Kier molecular flexibility index (Phi) is 5.78. The molecule has 2 N–H and O–H groups in total. The van der Waals surface area contributed by atoms with E-state index >= 15 is 0 Å². The van der Waals surface area contributed by atoms with Crippen LogP contribution in [0.2, 0.25) is 5.02 Å². The molecular weight excluding hydrogens is 279 g/mol. The van der Waals surface area contributed by atoms with Crippen LogP contribution in [0.3, 0.4) is 0 Å². The van der Waals surface area contributed by atoms with Crippen LogP contribution < -0.4 is 5.73 Å². The van der Waals surface area contributed by atoms with Crippen molar-refractivity contribution in [1.82, 2.24) is 4.90 Å². The highest BCUT2D eigenvalue weighted by atomic mass is 35.5. The standard InChI is InChI=1S/C15H22ClFN2O/c1-2-19(10-14-4-3-5-20-14)15(9-18)11-6-12(16)8-13(17)7-11/h6-8,14-15H,2-5,9-10,18H2,1H3. The lowest BCUT2D eigenvalue weighted by Gasteiger charge is -2.32. The van der Waals surface area contributed by atoms with Gasteiger partial charge in [-0.05, 0) is 43.1 Å². The van der Waals surface area contributed by atoms with Gasteiger partial charge in [0.15, 0.2) is 0 Å². The van der Waals surface area contributed by atoms with Gasteiger partial charge >= 0.3 is 0 Å². The van der Waals surface area contributed by atoms with Gasteiger partial charge in [-0.2, -0.15) is 0 Å². The summed E-state index contributed by atoms with van der Waals surface area (Å²) in [6.45, 7) is 5.02. The number of ether oxygens (including phenoxy) is 1. The van der Waals surface area contributed by atoms with Crippen LogP contribution in [-0.2, 0) is 4.74 Å². The lowest BCUT2D eigenvalue weighted by molar-refractivity contribution is 0.0601. The average molecular weight is 301 g/mol. The number of hydrogen-bond donors (Lipinski definition) is 1. The van der Waals surface area contributed by atoms with Crippen LogP contribution in [0.15, 0.2) is 18.2 Å². The monoisotopic (exact) mass is 300 g/mol. The Morgan fingerprint density at radius 3 is 2.85 bits per heavy atom. The summed E-state index contributed by atoms with van der Waals surface area (Å²) in [4.78, 5) is 2.24. The van der Waals surface area contributed by atoms with Crippen molar-refractivity contribution in [3.05, 3.63) is 34.6 Å². The van der Waals surface area contributed by atoms with Gasteiger partial charge in [-0.25, -0.2) is 4.39 Å². The molecule has 0 spiro atoms. The van der Waals surface area contributed by atoms with E-state index in [0.29, 0.717) is 11.6 Å². The molecule has 1 heterocycles. The number of nitrogens with two attached hydrogens (primary N) is 1. The molecule has 0 amide bonds. The van der Waals surface area contributed by atoms with Gasteiger partial charge in [-0.3, -0.25) is 4.90 Å². The first kappa shape index (κ1) is 15.7. The summed E-state index contributed by atoms with van der Waals surface area (Å²) in [5.41, 5.74) is 6.74. The van der Waals surface area contributed by atoms with Crippen molar-refractivity contribution in [1.29, 1.82) is 0 Å². The topological polar surface area (TPSA) is 38.5 Å². The van der Waals surface area contributed by atoms with Crippen LogP contribution in [0.5, 0.6) is 0 Å². The van der Waals surface area contributed by atoms with Gasteiger partial charge in [0, 0.05) is 30.8 Å². The molecule has 20 heavy (non-hydrogen) atoms.